The Morgan fingerprint density at radius 3 is 2.34 bits per heavy atom. The van der Waals surface area contributed by atoms with Crippen LogP contribution in [0.2, 0.25) is 0 Å². The fourth-order valence-corrected chi connectivity index (χ4v) is 3.47. The Morgan fingerprint density at radius 2 is 1.69 bits per heavy atom. The SMILES string of the molecule is COc1ccc(-n2nc(OC3CCCC3)nc2-c2ccc(OCCN)cc2)cc1. The molecule has 4 rings (SSSR count). The van der Waals surface area contributed by atoms with E-state index in [9.17, 15) is 0 Å². The normalized spacial score (nSPS) is 14.1. The minimum absolute atomic E-state index is 0.196. The van der Waals surface area contributed by atoms with E-state index in [4.69, 9.17) is 24.9 Å². The molecule has 0 aliphatic heterocycles. The van der Waals surface area contributed by atoms with Crippen LogP contribution >= 0.6 is 0 Å². The first-order chi connectivity index (χ1) is 14.3. The van der Waals surface area contributed by atoms with Crippen molar-refractivity contribution < 1.29 is 14.2 Å². The zero-order valence-electron chi connectivity index (χ0n) is 16.6. The van der Waals surface area contributed by atoms with Crippen LogP contribution in [0.1, 0.15) is 25.7 Å². The van der Waals surface area contributed by atoms with Gasteiger partial charge in [-0.15, -0.1) is 5.10 Å². The van der Waals surface area contributed by atoms with Crippen LogP contribution in [0.4, 0.5) is 0 Å². The third-order valence-electron chi connectivity index (χ3n) is 4.98. The Bertz CT molecular complexity index is 916. The number of ether oxygens (including phenoxy) is 3. The first-order valence-corrected chi connectivity index (χ1v) is 9.98. The van der Waals surface area contributed by atoms with Crippen molar-refractivity contribution in [1.29, 1.82) is 0 Å². The summed E-state index contributed by atoms with van der Waals surface area (Å²) in [5, 5.41) is 4.64. The van der Waals surface area contributed by atoms with Crippen LogP contribution in [0.25, 0.3) is 17.1 Å². The molecule has 1 fully saturated rings. The molecular formula is C22H26N4O3. The summed E-state index contributed by atoms with van der Waals surface area (Å²) in [4.78, 5) is 4.69. The number of rotatable bonds is 8. The average molecular weight is 394 g/mol. The van der Waals surface area contributed by atoms with Gasteiger partial charge < -0.3 is 19.9 Å². The Kier molecular flexibility index (Phi) is 5.95. The summed E-state index contributed by atoms with van der Waals surface area (Å²) in [7, 11) is 1.65. The van der Waals surface area contributed by atoms with E-state index in [1.165, 1.54) is 12.8 Å². The first-order valence-electron chi connectivity index (χ1n) is 9.98. The third-order valence-corrected chi connectivity index (χ3v) is 4.98. The summed E-state index contributed by atoms with van der Waals surface area (Å²) < 4.78 is 18.7. The Morgan fingerprint density at radius 1 is 1.00 bits per heavy atom. The standard InChI is InChI=1S/C22H26N4O3/c1-27-18-12-8-17(9-13-18)26-21(16-6-10-19(11-7-16)28-15-14-23)24-22(25-26)29-20-4-2-3-5-20/h6-13,20H,2-5,14-15,23H2,1H3. The van der Waals surface area contributed by atoms with Gasteiger partial charge in [0.05, 0.1) is 12.8 Å². The van der Waals surface area contributed by atoms with Crippen molar-refractivity contribution in [2.75, 3.05) is 20.3 Å². The predicted molar refractivity (Wildman–Crippen MR) is 111 cm³/mol. The van der Waals surface area contributed by atoms with E-state index < -0.39 is 0 Å². The largest absolute Gasteiger partial charge is 0.497 e. The lowest BCUT2D eigenvalue weighted by Crippen LogP contribution is -2.12. The summed E-state index contributed by atoms with van der Waals surface area (Å²) >= 11 is 0. The predicted octanol–water partition coefficient (Wildman–Crippen LogP) is 3.60. The van der Waals surface area contributed by atoms with Crippen molar-refractivity contribution in [1.82, 2.24) is 14.8 Å². The monoisotopic (exact) mass is 394 g/mol. The van der Waals surface area contributed by atoms with Crippen LogP contribution in [0.3, 0.4) is 0 Å². The van der Waals surface area contributed by atoms with Crippen LogP contribution in [-0.4, -0.2) is 41.1 Å². The van der Waals surface area contributed by atoms with Crippen LogP contribution in [0.15, 0.2) is 48.5 Å². The highest BCUT2D eigenvalue weighted by Gasteiger charge is 2.21. The molecule has 3 aromatic rings. The van der Waals surface area contributed by atoms with E-state index in [1.807, 2.05) is 48.5 Å². The van der Waals surface area contributed by atoms with Gasteiger partial charge in [-0.1, -0.05) is 0 Å². The minimum atomic E-state index is 0.196. The molecular weight excluding hydrogens is 368 g/mol. The molecule has 1 aromatic heterocycles. The summed E-state index contributed by atoms with van der Waals surface area (Å²) in [5.74, 6) is 2.28. The highest BCUT2D eigenvalue weighted by molar-refractivity contribution is 5.59. The highest BCUT2D eigenvalue weighted by Crippen LogP contribution is 2.28. The fraction of sp³-hybridized carbons (Fsp3) is 0.364. The van der Waals surface area contributed by atoms with Crippen molar-refractivity contribution in [3.8, 4) is 34.6 Å². The van der Waals surface area contributed by atoms with Gasteiger partial charge in [-0.2, -0.15) is 4.98 Å². The van der Waals surface area contributed by atoms with Gasteiger partial charge in [0, 0.05) is 12.1 Å². The van der Waals surface area contributed by atoms with E-state index >= 15 is 0 Å². The summed E-state index contributed by atoms with van der Waals surface area (Å²) in [6.07, 6.45) is 4.70. The fourth-order valence-electron chi connectivity index (χ4n) is 3.47. The number of hydrogen-bond acceptors (Lipinski definition) is 6. The van der Waals surface area contributed by atoms with Crippen LogP contribution in [-0.2, 0) is 0 Å². The second kappa shape index (κ2) is 8.96. The Balaban J connectivity index is 1.66. The molecule has 0 amide bonds. The zero-order valence-corrected chi connectivity index (χ0v) is 16.6. The van der Waals surface area contributed by atoms with Crippen LogP contribution in [0, 0.1) is 0 Å². The van der Waals surface area contributed by atoms with Crippen molar-refractivity contribution in [3.63, 3.8) is 0 Å². The maximum atomic E-state index is 6.06. The van der Waals surface area contributed by atoms with Crippen molar-refractivity contribution in [2.24, 2.45) is 5.73 Å². The zero-order chi connectivity index (χ0) is 20.1. The maximum Gasteiger partial charge on any atom is 0.336 e. The number of nitrogens with two attached hydrogens (primary N) is 1. The minimum Gasteiger partial charge on any atom is -0.497 e. The first kappa shape index (κ1) is 19.3. The molecule has 2 N–H and O–H groups in total. The van der Waals surface area contributed by atoms with Gasteiger partial charge in [-0.3, -0.25) is 0 Å². The lowest BCUT2D eigenvalue weighted by atomic mass is 10.2. The average Bonchev–Trinajstić information content (AvgIpc) is 3.43. The van der Waals surface area contributed by atoms with Crippen LogP contribution < -0.4 is 19.9 Å². The third kappa shape index (κ3) is 4.51. The quantitative estimate of drug-likeness (QED) is 0.628. The lowest BCUT2D eigenvalue weighted by molar-refractivity contribution is 0.192. The highest BCUT2D eigenvalue weighted by atomic mass is 16.5. The van der Waals surface area contributed by atoms with Gasteiger partial charge in [0.1, 0.15) is 24.2 Å². The number of methoxy groups -OCH3 is 1. The molecule has 1 heterocycles. The van der Waals surface area contributed by atoms with Gasteiger partial charge in [0.15, 0.2) is 5.82 Å². The summed E-state index contributed by atoms with van der Waals surface area (Å²) in [6.45, 7) is 0.968. The van der Waals surface area contributed by atoms with Gasteiger partial charge in [-0.05, 0) is 74.2 Å². The van der Waals surface area contributed by atoms with E-state index in [1.54, 1.807) is 11.8 Å². The van der Waals surface area contributed by atoms with E-state index in [-0.39, 0.29) is 6.10 Å². The molecule has 0 unspecified atom stereocenters. The maximum absolute atomic E-state index is 6.06. The number of nitrogens with zero attached hydrogens (tertiary/aromatic N) is 3. The molecule has 7 heteroatoms. The Labute approximate surface area is 170 Å². The number of aromatic nitrogens is 3. The molecule has 2 aromatic carbocycles. The smallest absolute Gasteiger partial charge is 0.336 e. The summed E-state index contributed by atoms with van der Waals surface area (Å²) in [6, 6.07) is 15.9. The van der Waals surface area contributed by atoms with Gasteiger partial charge >= 0.3 is 6.01 Å². The van der Waals surface area contributed by atoms with E-state index in [0.29, 0.717) is 25.0 Å². The molecule has 0 atom stereocenters. The molecule has 0 radical (unpaired) electrons. The number of hydrogen-bond donors (Lipinski definition) is 1. The molecule has 0 spiro atoms. The molecule has 1 saturated carbocycles. The molecule has 152 valence electrons. The second-order valence-corrected chi connectivity index (χ2v) is 7.01. The van der Waals surface area contributed by atoms with Gasteiger partial charge in [-0.25, -0.2) is 4.68 Å². The van der Waals surface area contributed by atoms with Crippen LogP contribution in [0.5, 0.6) is 17.5 Å². The molecule has 1 aliphatic rings. The lowest BCUT2D eigenvalue weighted by Gasteiger charge is -2.08. The molecule has 7 nitrogen and oxygen atoms in total. The molecule has 1 aliphatic carbocycles. The topological polar surface area (TPSA) is 84.4 Å². The molecule has 29 heavy (non-hydrogen) atoms. The molecule has 0 saturated heterocycles. The van der Waals surface area contributed by atoms with Gasteiger partial charge in [0.25, 0.3) is 0 Å². The summed E-state index contributed by atoms with van der Waals surface area (Å²) in [5.41, 5.74) is 7.32. The molecule has 0 bridgehead atoms. The van der Waals surface area contributed by atoms with Crippen molar-refractivity contribution in [3.05, 3.63) is 48.5 Å². The van der Waals surface area contributed by atoms with Gasteiger partial charge in [0.2, 0.25) is 0 Å². The number of benzene rings is 2. The Hall–Kier alpha value is -3.06. The van der Waals surface area contributed by atoms with Crippen molar-refractivity contribution >= 4 is 0 Å². The van der Waals surface area contributed by atoms with E-state index in [2.05, 4.69) is 5.10 Å². The van der Waals surface area contributed by atoms with E-state index in [0.717, 1.165) is 35.6 Å². The second-order valence-electron chi connectivity index (χ2n) is 7.01. The van der Waals surface area contributed by atoms with Crippen molar-refractivity contribution in [2.45, 2.75) is 31.8 Å².